The van der Waals surface area contributed by atoms with Gasteiger partial charge in [0.1, 0.15) is 11.6 Å². The van der Waals surface area contributed by atoms with Gasteiger partial charge in [-0.25, -0.2) is 4.39 Å². The monoisotopic (exact) mass is 268 g/mol. The van der Waals surface area contributed by atoms with Crippen LogP contribution in [0, 0.1) is 12.7 Å². The van der Waals surface area contributed by atoms with Crippen LogP contribution >= 0.6 is 0 Å². The fourth-order valence-electron chi connectivity index (χ4n) is 2.10. The first kappa shape index (κ1) is 12.4. The highest BCUT2D eigenvalue weighted by Crippen LogP contribution is 2.30. The van der Waals surface area contributed by atoms with E-state index in [4.69, 9.17) is 0 Å². The number of nitrogens with zero attached hydrogens (tertiary/aromatic N) is 1. The molecule has 0 aliphatic rings. The van der Waals surface area contributed by atoms with E-state index < -0.39 is 0 Å². The lowest BCUT2D eigenvalue weighted by Gasteiger charge is -2.01. The van der Waals surface area contributed by atoms with Crippen LogP contribution in [0.4, 0.5) is 4.39 Å². The first-order valence-electron chi connectivity index (χ1n) is 6.25. The summed E-state index contributed by atoms with van der Waals surface area (Å²) in [6.07, 6.45) is 0. The number of nitrogens with one attached hydrogen (secondary N) is 1. The third-order valence-electron chi connectivity index (χ3n) is 3.16. The fraction of sp³-hybridized carbons (Fsp3) is 0.0625. The van der Waals surface area contributed by atoms with Crippen LogP contribution in [0.3, 0.4) is 0 Å². The molecule has 0 spiro atoms. The number of hydrogen-bond donors (Lipinski definition) is 2. The van der Waals surface area contributed by atoms with Gasteiger partial charge >= 0.3 is 0 Å². The van der Waals surface area contributed by atoms with Gasteiger partial charge in [0.25, 0.3) is 0 Å². The Hall–Kier alpha value is -2.62. The second-order valence-electron chi connectivity index (χ2n) is 4.69. The average Bonchev–Trinajstić information content (AvgIpc) is 2.89. The van der Waals surface area contributed by atoms with Gasteiger partial charge < -0.3 is 5.11 Å². The molecular formula is C16H13FN2O. The number of hydrogen-bond acceptors (Lipinski definition) is 2. The summed E-state index contributed by atoms with van der Waals surface area (Å²) in [7, 11) is 0. The highest BCUT2D eigenvalue weighted by atomic mass is 19.1. The van der Waals surface area contributed by atoms with Crippen molar-refractivity contribution >= 4 is 0 Å². The third kappa shape index (κ3) is 2.28. The molecule has 100 valence electrons. The number of aromatic amines is 1. The van der Waals surface area contributed by atoms with Crippen LogP contribution in [-0.4, -0.2) is 15.3 Å². The minimum absolute atomic E-state index is 0.196. The maximum atomic E-state index is 12.9. The summed E-state index contributed by atoms with van der Waals surface area (Å²) in [6.45, 7) is 1.91. The molecule has 0 aliphatic carbocycles. The summed E-state index contributed by atoms with van der Waals surface area (Å²) in [5.74, 6) is -0.0770. The van der Waals surface area contributed by atoms with Crippen molar-refractivity contribution in [2.45, 2.75) is 6.92 Å². The van der Waals surface area contributed by atoms with Crippen LogP contribution in [0.5, 0.6) is 5.75 Å². The number of aromatic nitrogens is 2. The first-order chi connectivity index (χ1) is 9.63. The second-order valence-corrected chi connectivity index (χ2v) is 4.69. The summed E-state index contributed by atoms with van der Waals surface area (Å²) in [5.41, 5.74) is 3.93. The number of phenols is 1. The Bertz CT molecular complexity index is 747. The number of rotatable bonds is 2. The molecule has 1 heterocycles. The molecule has 0 amide bonds. The van der Waals surface area contributed by atoms with Crippen LogP contribution in [-0.2, 0) is 0 Å². The van der Waals surface area contributed by atoms with Crippen molar-refractivity contribution < 1.29 is 9.50 Å². The SMILES string of the molecule is Cc1ccc(-c2cc(-c3ccc(F)cc3)[nH]n2)c(O)c1. The van der Waals surface area contributed by atoms with Gasteiger partial charge in [0, 0.05) is 5.56 Å². The van der Waals surface area contributed by atoms with E-state index in [1.165, 1.54) is 12.1 Å². The largest absolute Gasteiger partial charge is 0.507 e. The maximum Gasteiger partial charge on any atom is 0.125 e. The summed E-state index contributed by atoms with van der Waals surface area (Å²) >= 11 is 0. The number of benzene rings is 2. The molecule has 3 nitrogen and oxygen atoms in total. The van der Waals surface area contributed by atoms with E-state index in [0.717, 1.165) is 16.8 Å². The molecular weight excluding hydrogens is 255 g/mol. The van der Waals surface area contributed by atoms with Crippen molar-refractivity contribution in [3.05, 3.63) is 59.9 Å². The lowest BCUT2D eigenvalue weighted by atomic mass is 10.1. The number of halogens is 1. The predicted octanol–water partition coefficient (Wildman–Crippen LogP) is 3.90. The van der Waals surface area contributed by atoms with Crippen LogP contribution in [0.15, 0.2) is 48.5 Å². The van der Waals surface area contributed by atoms with Crippen molar-refractivity contribution in [2.24, 2.45) is 0 Å². The lowest BCUT2D eigenvalue weighted by molar-refractivity contribution is 0.476. The molecule has 20 heavy (non-hydrogen) atoms. The van der Waals surface area contributed by atoms with Crippen molar-refractivity contribution in [3.63, 3.8) is 0 Å². The van der Waals surface area contributed by atoms with E-state index in [9.17, 15) is 9.50 Å². The van der Waals surface area contributed by atoms with Crippen molar-refractivity contribution in [3.8, 4) is 28.3 Å². The second kappa shape index (κ2) is 4.81. The summed E-state index contributed by atoms with van der Waals surface area (Å²) < 4.78 is 12.9. The normalized spacial score (nSPS) is 10.7. The quantitative estimate of drug-likeness (QED) is 0.740. The van der Waals surface area contributed by atoms with E-state index in [-0.39, 0.29) is 11.6 Å². The number of phenolic OH excluding ortho intramolecular Hbond substituents is 1. The molecule has 2 N–H and O–H groups in total. The molecule has 0 fully saturated rings. The van der Waals surface area contributed by atoms with Gasteiger partial charge in [-0.05, 0) is 60.5 Å². The van der Waals surface area contributed by atoms with Crippen molar-refractivity contribution in [1.29, 1.82) is 0 Å². The Morgan fingerprint density at radius 2 is 1.80 bits per heavy atom. The summed E-state index contributed by atoms with van der Waals surface area (Å²) in [6, 6.07) is 13.4. The predicted molar refractivity (Wildman–Crippen MR) is 75.8 cm³/mol. The van der Waals surface area contributed by atoms with Gasteiger partial charge in [0.15, 0.2) is 0 Å². The van der Waals surface area contributed by atoms with E-state index in [1.807, 2.05) is 25.1 Å². The van der Waals surface area contributed by atoms with Gasteiger partial charge in [-0.1, -0.05) is 6.07 Å². The Morgan fingerprint density at radius 1 is 1.05 bits per heavy atom. The molecule has 0 saturated carbocycles. The third-order valence-corrected chi connectivity index (χ3v) is 3.16. The topological polar surface area (TPSA) is 48.9 Å². The lowest BCUT2D eigenvalue weighted by Crippen LogP contribution is -1.80. The maximum absolute atomic E-state index is 12.9. The first-order valence-corrected chi connectivity index (χ1v) is 6.25. The molecule has 3 aromatic rings. The Labute approximate surface area is 115 Å². The van der Waals surface area contributed by atoms with Crippen molar-refractivity contribution in [2.75, 3.05) is 0 Å². The zero-order chi connectivity index (χ0) is 14.1. The molecule has 0 unspecified atom stereocenters. The molecule has 0 radical (unpaired) electrons. The van der Waals surface area contributed by atoms with Crippen LogP contribution in [0.1, 0.15) is 5.56 Å². The highest BCUT2D eigenvalue weighted by molar-refractivity contribution is 5.72. The van der Waals surface area contributed by atoms with Crippen LogP contribution in [0.2, 0.25) is 0 Å². The molecule has 0 saturated heterocycles. The Morgan fingerprint density at radius 3 is 2.50 bits per heavy atom. The van der Waals surface area contributed by atoms with Gasteiger partial charge in [-0.2, -0.15) is 5.10 Å². The molecule has 0 atom stereocenters. The van der Waals surface area contributed by atoms with E-state index in [2.05, 4.69) is 10.2 Å². The Kier molecular flexibility index (Phi) is 2.99. The van der Waals surface area contributed by atoms with Gasteiger partial charge in [-0.3, -0.25) is 5.10 Å². The molecule has 2 aromatic carbocycles. The van der Waals surface area contributed by atoms with E-state index in [1.54, 1.807) is 18.2 Å². The van der Waals surface area contributed by atoms with Gasteiger partial charge in [0.05, 0.1) is 11.4 Å². The molecule has 0 bridgehead atoms. The minimum Gasteiger partial charge on any atom is -0.507 e. The van der Waals surface area contributed by atoms with Crippen LogP contribution < -0.4 is 0 Å². The zero-order valence-corrected chi connectivity index (χ0v) is 10.9. The number of H-pyrrole nitrogens is 1. The summed E-state index contributed by atoms with van der Waals surface area (Å²) in [5, 5.41) is 17.1. The van der Waals surface area contributed by atoms with Gasteiger partial charge in [0.2, 0.25) is 0 Å². The highest BCUT2D eigenvalue weighted by Gasteiger charge is 2.09. The zero-order valence-electron chi connectivity index (χ0n) is 10.9. The van der Waals surface area contributed by atoms with Gasteiger partial charge in [-0.15, -0.1) is 0 Å². The standard InChI is InChI=1S/C16H13FN2O/c1-10-2-7-13(16(20)8-10)15-9-14(18-19-15)11-3-5-12(17)6-4-11/h2-9,20H,1H3,(H,18,19). The Balaban J connectivity index is 1.99. The van der Waals surface area contributed by atoms with Crippen molar-refractivity contribution in [1.82, 2.24) is 10.2 Å². The fourth-order valence-corrected chi connectivity index (χ4v) is 2.10. The minimum atomic E-state index is -0.273. The number of aromatic hydroxyl groups is 1. The summed E-state index contributed by atoms with van der Waals surface area (Å²) in [4.78, 5) is 0. The van der Waals surface area contributed by atoms with Crippen LogP contribution in [0.25, 0.3) is 22.5 Å². The van der Waals surface area contributed by atoms with E-state index in [0.29, 0.717) is 11.3 Å². The van der Waals surface area contributed by atoms with E-state index >= 15 is 0 Å². The average molecular weight is 268 g/mol. The number of aryl methyl sites for hydroxylation is 1. The molecule has 4 heteroatoms. The molecule has 3 rings (SSSR count). The molecule has 1 aromatic heterocycles. The molecule has 0 aliphatic heterocycles. The smallest absolute Gasteiger partial charge is 0.125 e.